The smallest absolute Gasteiger partial charge is 0.0441 e. The van der Waals surface area contributed by atoms with Gasteiger partial charge in [-0.15, -0.1) is 0 Å². The average Bonchev–Trinajstić information content (AvgIpc) is 2.27. The first-order chi connectivity index (χ1) is 6.39. The third kappa shape index (κ3) is 0.936. The quantitative estimate of drug-likeness (QED) is 0.667. The molecule has 2 rings (SSSR count). The van der Waals surface area contributed by atoms with Crippen LogP contribution in [0.15, 0.2) is 24.3 Å². The van der Waals surface area contributed by atoms with Crippen LogP contribution in [-0.4, -0.2) is 0 Å². The maximum atomic E-state index is 6.46. The first-order valence-corrected chi connectivity index (χ1v) is 5.27. The fraction of sp³-hybridized carbons (Fsp3) is 0.538. The summed E-state index contributed by atoms with van der Waals surface area (Å²) >= 11 is 0. The molecule has 0 spiro atoms. The molecule has 1 aromatic carbocycles. The molecule has 0 aliphatic heterocycles. The van der Waals surface area contributed by atoms with E-state index in [0.717, 1.165) is 0 Å². The molecule has 0 fully saturated rings. The Morgan fingerprint density at radius 3 is 2.29 bits per heavy atom. The minimum Gasteiger partial charge on any atom is -0.321 e. The Morgan fingerprint density at radius 2 is 1.71 bits per heavy atom. The minimum atomic E-state index is -0.205. The van der Waals surface area contributed by atoms with E-state index in [2.05, 4.69) is 52.0 Å². The highest BCUT2D eigenvalue weighted by Crippen LogP contribution is 2.55. The van der Waals surface area contributed by atoms with E-state index >= 15 is 0 Å². The topological polar surface area (TPSA) is 26.0 Å². The molecule has 0 bridgehead atoms. The van der Waals surface area contributed by atoms with Crippen LogP contribution in [0.2, 0.25) is 0 Å². The van der Waals surface area contributed by atoms with Gasteiger partial charge in [-0.2, -0.15) is 0 Å². The van der Waals surface area contributed by atoms with Gasteiger partial charge in [0.2, 0.25) is 0 Å². The zero-order chi connectivity index (χ0) is 10.6. The van der Waals surface area contributed by atoms with Crippen LogP contribution in [0.3, 0.4) is 0 Å². The fourth-order valence-corrected chi connectivity index (χ4v) is 2.53. The highest BCUT2D eigenvalue weighted by molar-refractivity contribution is 5.44. The summed E-state index contributed by atoms with van der Waals surface area (Å²) in [5.41, 5.74) is 9.12. The van der Waals surface area contributed by atoms with Crippen molar-refractivity contribution in [2.45, 2.75) is 39.2 Å². The van der Waals surface area contributed by atoms with Gasteiger partial charge in [0, 0.05) is 5.54 Å². The van der Waals surface area contributed by atoms with Gasteiger partial charge >= 0.3 is 0 Å². The van der Waals surface area contributed by atoms with Gasteiger partial charge < -0.3 is 5.73 Å². The Morgan fingerprint density at radius 1 is 1.14 bits per heavy atom. The second kappa shape index (κ2) is 2.60. The molecule has 1 nitrogen and oxygen atoms in total. The lowest BCUT2D eigenvalue weighted by molar-refractivity contribution is 0.178. The Labute approximate surface area is 86.3 Å². The van der Waals surface area contributed by atoms with Gasteiger partial charge in [-0.1, -0.05) is 45.0 Å². The lowest BCUT2D eigenvalue weighted by atomic mass is 9.70. The summed E-state index contributed by atoms with van der Waals surface area (Å²) < 4.78 is 0. The van der Waals surface area contributed by atoms with Gasteiger partial charge in [0.15, 0.2) is 0 Å². The fourth-order valence-electron chi connectivity index (χ4n) is 2.53. The number of hydrogen-bond donors (Lipinski definition) is 1. The predicted octanol–water partition coefficient (Wildman–Crippen LogP) is 3.00. The van der Waals surface area contributed by atoms with Crippen molar-refractivity contribution >= 4 is 0 Å². The van der Waals surface area contributed by atoms with Crippen LogP contribution in [0.25, 0.3) is 0 Å². The van der Waals surface area contributed by atoms with E-state index in [1.807, 2.05) is 0 Å². The molecule has 0 radical (unpaired) electrons. The van der Waals surface area contributed by atoms with Crippen molar-refractivity contribution in [3.8, 4) is 0 Å². The zero-order valence-electron chi connectivity index (χ0n) is 9.46. The average molecular weight is 189 g/mol. The van der Waals surface area contributed by atoms with Crippen LogP contribution >= 0.6 is 0 Å². The van der Waals surface area contributed by atoms with Crippen molar-refractivity contribution in [2.75, 3.05) is 0 Å². The van der Waals surface area contributed by atoms with Crippen molar-refractivity contribution < 1.29 is 0 Å². The van der Waals surface area contributed by atoms with Gasteiger partial charge in [0.05, 0.1) is 0 Å². The Hall–Kier alpha value is -0.820. The summed E-state index contributed by atoms with van der Waals surface area (Å²) in [5.74, 6) is 0.536. The molecule has 0 heterocycles. The maximum absolute atomic E-state index is 6.46. The summed E-state index contributed by atoms with van der Waals surface area (Å²) in [7, 11) is 0. The SMILES string of the molecule is C[C@H]1c2ccccc2[C@@](C)(N)C1(C)C. The van der Waals surface area contributed by atoms with Gasteiger partial charge in [-0.25, -0.2) is 0 Å². The number of fused-ring (bicyclic) bond motifs is 1. The summed E-state index contributed by atoms with van der Waals surface area (Å²) in [6.07, 6.45) is 0. The Kier molecular flexibility index (Phi) is 1.81. The number of benzene rings is 1. The predicted molar refractivity (Wildman–Crippen MR) is 60.2 cm³/mol. The normalized spacial score (nSPS) is 34.2. The molecule has 76 valence electrons. The van der Waals surface area contributed by atoms with Crippen molar-refractivity contribution in [3.05, 3.63) is 35.4 Å². The molecule has 0 amide bonds. The summed E-state index contributed by atoms with van der Waals surface area (Å²) in [6.45, 7) is 8.95. The van der Waals surface area contributed by atoms with Gasteiger partial charge in [0.1, 0.15) is 0 Å². The van der Waals surface area contributed by atoms with Crippen LogP contribution in [-0.2, 0) is 5.54 Å². The monoisotopic (exact) mass is 189 g/mol. The van der Waals surface area contributed by atoms with Crippen LogP contribution in [0.5, 0.6) is 0 Å². The van der Waals surface area contributed by atoms with E-state index in [1.54, 1.807) is 0 Å². The molecule has 2 atom stereocenters. The molecule has 2 N–H and O–H groups in total. The van der Waals surface area contributed by atoms with Crippen molar-refractivity contribution in [3.63, 3.8) is 0 Å². The standard InChI is InChI=1S/C13H19N/c1-9-10-7-5-6-8-11(10)13(4,14)12(9,2)3/h5-9H,14H2,1-4H3/t9-,13+/m0/s1. The van der Waals surface area contributed by atoms with Crippen molar-refractivity contribution in [2.24, 2.45) is 11.1 Å². The summed E-state index contributed by atoms with van der Waals surface area (Å²) in [4.78, 5) is 0. The highest BCUT2D eigenvalue weighted by Gasteiger charge is 2.50. The largest absolute Gasteiger partial charge is 0.321 e. The van der Waals surface area contributed by atoms with Crippen LogP contribution in [0, 0.1) is 5.41 Å². The number of hydrogen-bond acceptors (Lipinski definition) is 1. The lowest BCUT2D eigenvalue weighted by Gasteiger charge is -2.38. The molecule has 0 saturated carbocycles. The van der Waals surface area contributed by atoms with Crippen molar-refractivity contribution in [1.29, 1.82) is 0 Å². The molecule has 1 aromatic rings. The lowest BCUT2D eigenvalue weighted by Crippen LogP contribution is -2.44. The van der Waals surface area contributed by atoms with Crippen LogP contribution in [0.4, 0.5) is 0 Å². The maximum Gasteiger partial charge on any atom is 0.0441 e. The Balaban J connectivity index is 2.68. The van der Waals surface area contributed by atoms with Gasteiger partial charge in [-0.05, 0) is 29.4 Å². The minimum absolute atomic E-state index is 0.136. The van der Waals surface area contributed by atoms with Crippen molar-refractivity contribution in [1.82, 2.24) is 0 Å². The van der Waals surface area contributed by atoms with Crippen LogP contribution in [0.1, 0.15) is 44.7 Å². The first-order valence-electron chi connectivity index (χ1n) is 5.27. The van der Waals surface area contributed by atoms with E-state index in [-0.39, 0.29) is 11.0 Å². The summed E-state index contributed by atoms with van der Waals surface area (Å²) in [6, 6.07) is 8.56. The van der Waals surface area contributed by atoms with Crippen LogP contribution < -0.4 is 5.73 Å². The van der Waals surface area contributed by atoms with E-state index in [9.17, 15) is 0 Å². The van der Waals surface area contributed by atoms with E-state index in [4.69, 9.17) is 5.73 Å². The molecule has 14 heavy (non-hydrogen) atoms. The van der Waals surface area contributed by atoms with Gasteiger partial charge in [-0.3, -0.25) is 0 Å². The highest BCUT2D eigenvalue weighted by atomic mass is 14.8. The zero-order valence-corrected chi connectivity index (χ0v) is 9.46. The molecule has 0 saturated heterocycles. The second-order valence-electron chi connectivity index (χ2n) is 5.23. The van der Waals surface area contributed by atoms with E-state index in [0.29, 0.717) is 5.92 Å². The number of rotatable bonds is 0. The molecule has 1 aliphatic rings. The van der Waals surface area contributed by atoms with Gasteiger partial charge in [0.25, 0.3) is 0 Å². The third-order valence-electron chi connectivity index (χ3n) is 4.41. The number of nitrogens with two attached hydrogens (primary N) is 1. The van der Waals surface area contributed by atoms with E-state index < -0.39 is 0 Å². The molecular weight excluding hydrogens is 170 g/mol. The van der Waals surface area contributed by atoms with E-state index in [1.165, 1.54) is 11.1 Å². The molecule has 0 unspecified atom stereocenters. The first kappa shape index (κ1) is 9.72. The second-order valence-corrected chi connectivity index (χ2v) is 5.23. The Bertz CT molecular complexity index is 363. The molecular formula is C13H19N. The summed E-state index contributed by atoms with van der Waals surface area (Å²) in [5, 5.41) is 0. The molecule has 0 aromatic heterocycles. The molecule has 1 aliphatic carbocycles. The molecule has 1 heteroatoms. The third-order valence-corrected chi connectivity index (χ3v) is 4.41.